The molecule has 4 rings (SSSR count). The molecular weight excluding hydrogens is 380 g/mol. The number of thiazole rings is 1. The van der Waals surface area contributed by atoms with Gasteiger partial charge in [0.15, 0.2) is 4.77 Å². The Kier molecular flexibility index (Phi) is 5.70. The summed E-state index contributed by atoms with van der Waals surface area (Å²) in [6, 6.07) is 0. The van der Waals surface area contributed by atoms with Crippen molar-refractivity contribution in [1.29, 1.82) is 0 Å². The van der Waals surface area contributed by atoms with Crippen molar-refractivity contribution in [2.24, 2.45) is 0 Å². The Hall–Kier alpha value is -1.58. The average Bonchev–Trinajstić information content (AvgIpc) is 3.09. The number of piperazine rings is 1. The van der Waals surface area contributed by atoms with Gasteiger partial charge in [-0.05, 0) is 32.0 Å². The van der Waals surface area contributed by atoms with Gasteiger partial charge in [0.1, 0.15) is 10.8 Å². The van der Waals surface area contributed by atoms with E-state index in [9.17, 15) is 4.79 Å². The Bertz CT molecular complexity index is 862. The molecule has 1 fully saturated rings. The summed E-state index contributed by atoms with van der Waals surface area (Å²) >= 11 is 7.21. The van der Waals surface area contributed by atoms with Crippen molar-refractivity contribution in [3.63, 3.8) is 0 Å². The monoisotopic (exact) mass is 406 g/mol. The summed E-state index contributed by atoms with van der Waals surface area (Å²) in [7, 11) is 0. The standard InChI is InChI=1S/C18H26N6OS2/c1-14-12-27-16(19-14)11-17(25)22-9-7-21(8-10-22)13-24-18(26)23-6-4-2-3-5-15(23)20-24/h12H,2-11,13H2,1H3. The molecule has 2 aromatic rings. The number of fused-ring (bicyclic) bond motifs is 1. The lowest BCUT2D eigenvalue weighted by atomic mass is 10.2. The van der Waals surface area contributed by atoms with Crippen LogP contribution in [0.4, 0.5) is 0 Å². The van der Waals surface area contributed by atoms with Gasteiger partial charge in [0.2, 0.25) is 5.91 Å². The first kappa shape index (κ1) is 18.8. The number of nitrogens with zero attached hydrogens (tertiary/aromatic N) is 6. The predicted molar refractivity (Wildman–Crippen MR) is 107 cm³/mol. The highest BCUT2D eigenvalue weighted by molar-refractivity contribution is 7.71. The van der Waals surface area contributed by atoms with Crippen LogP contribution in [0, 0.1) is 11.7 Å². The number of carbonyl (C=O) groups excluding carboxylic acids is 1. The van der Waals surface area contributed by atoms with E-state index < -0.39 is 0 Å². The maximum Gasteiger partial charge on any atom is 0.229 e. The van der Waals surface area contributed by atoms with E-state index in [1.807, 2.05) is 21.9 Å². The first-order valence-electron chi connectivity index (χ1n) is 9.68. The summed E-state index contributed by atoms with van der Waals surface area (Å²) in [4.78, 5) is 21.2. The fourth-order valence-corrected chi connectivity index (χ4v) is 4.83. The number of rotatable bonds is 4. The van der Waals surface area contributed by atoms with E-state index in [1.165, 1.54) is 19.3 Å². The van der Waals surface area contributed by atoms with Crippen molar-refractivity contribution in [2.75, 3.05) is 26.2 Å². The zero-order chi connectivity index (χ0) is 18.8. The zero-order valence-corrected chi connectivity index (χ0v) is 17.4. The van der Waals surface area contributed by atoms with Crippen molar-refractivity contribution in [1.82, 2.24) is 29.1 Å². The molecule has 1 amide bonds. The zero-order valence-electron chi connectivity index (χ0n) is 15.8. The molecule has 0 saturated carbocycles. The normalized spacial score (nSPS) is 18.3. The summed E-state index contributed by atoms with van der Waals surface area (Å²) < 4.78 is 5.01. The predicted octanol–water partition coefficient (Wildman–Crippen LogP) is 2.25. The topological polar surface area (TPSA) is 59.2 Å². The molecule has 0 aliphatic carbocycles. The lowest BCUT2D eigenvalue weighted by Gasteiger charge is -2.34. The highest BCUT2D eigenvalue weighted by Crippen LogP contribution is 2.15. The second-order valence-electron chi connectivity index (χ2n) is 7.36. The molecule has 2 aliphatic rings. The van der Waals surface area contributed by atoms with Gasteiger partial charge >= 0.3 is 0 Å². The minimum absolute atomic E-state index is 0.175. The molecule has 0 bridgehead atoms. The molecule has 2 aromatic heterocycles. The first-order valence-corrected chi connectivity index (χ1v) is 11.0. The molecule has 146 valence electrons. The second kappa shape index (κ2) is 8.20. The van der Waals surface area contributed by atoms with Crippen molar-refractivity contribution in [2.45, 2.75) is 52.2 Å². The number of aryl methyl sites for hydroxylation is 2. The number of carbonyl (C=O) groups is 1. The molecule has 0 N–H and O–H groups in total. The Morgan fingerprint density at radius 2 is 2.00 bits per heavy atom. The molecule has 9 heteroatoms. The van der Waals surface area contributed by atoms with E-state index in [2.05, 4.69) is 14.5 Å². The minimum Gasteiger partial charge on any atom is -0.340 e. The maximum absolute atomic E-state index is 12.5. The Balaban J connectivity index is 1.32. The van der Waals surface area contributed by atoms with Crippen LogP contribution in [-0.2, 0) is 30.8 Å². The van der Waals surface area contributed by atoms with Gasteiger partial charge in [-0.2, -0.15) is 5.10 Å². The highest BCUT2D eigenvalue weighted by Gasteiger charge is 2.23. The molecule has 0 atom stereocenters. The third-order valence-corrected chi connectivity index (χ3v) is 6.71. The van der Waals surface area contributed by atoms with E-state index in [-0.39, 0.29) is 5.91 Å². The van der Waals surface area contributed by atoms with Crippen LogP contribution in [0.5, 0.6) is 0 Å². The molecule has 4 heterocycles. The second-order valence-corrected chi connectivity index (χ2v) is 8.67. The summed E-state index contributed by atoms with van der Waals surface area (Å²) in [5.41, 5.74) is 0.989. The lowest BCUT2D eigenvalue weighted by molar-refractivity contribution is -0.132. The Morgan fingerprint density at radius 1 is 1.19 bits per heavy atom. The fraction of sp³-hybridized carbons (Fsp3) is 0.667. The van der Waals surface area contributed by atoms with Crippen molar-refractivity contribution < 1.29 is 4.79 Å². The number of hydrogen-bond acceptors (Lipinski definition) is 6. The van der Waals surface area contributed by atoms with Crippen molar-refractivity contribution in [3.8, 4) is 0 Å². The van der Waals surface area contributed by atoms with Gasteiger partial charge in [0.25, 0.3) is 0 Å². The summed E-state index contributed by atoms with van der Waals surface area (Å²) in [5.74, 6) is 1.30. The van der Waals surface area contributed by atoms with E-state index in [0.29, 0.717) is 13.1 Å². The third-order valence-electron chi connectivity index (χ3n) is 5.31. The van der Waals surface area contributed by atoms with Gasteiger partial charge in [-0.15, -0.1) is 11.3 Å². The van der Waals surface area contributed by atoms with Gasteiger partial charge in [-0.1, -0.05) is 6.42 Å². The van der Waals surface area contributed by atoms with Crippen molar-refractivity contribution in [3.05, 3.63) is 26.7 Å². The van der Waals surface area contributed by atoms with Crippen LogP contribution < -0.4 is 0 Å². The van der Waals surface area contributed by atoms with Gasteiger partial charge in [0, 0.05) is 50.2 Å². The molecule has 0 unspecified atom stereocenters. The van der Waals surface area contributed by atoms with E-state index >= 15 is 0 Å². The number of aromatic nitrogens is 4. The van der Waals surface area contributed by atoms with Gasteiger partial charge in [-0.3, -0.25) is 9.69 Å². The SMILES string of the molecule is Cc1csc(CC(=O)N2CCN(Cn3nc4n(c3=S)CCCCC4)CC2)n1. The van der Waals surface area contributed by atoms with Crippen LogP contribution >= 0.6 is 23.6 Å². The van der Waals surface area contributed by atoms with Crippen LogP contribution in [0.2, 0.25) is 0 Å². The lowest BCUT2D eigenvalue weighted by Crippen LogP contribution is -2.49. The molecular formula is C18H26N6OS2. The van der Waals surface area contributed by atoms with E-state index in [0.717, 1.165) is 60.4 Å². The Morgan fingerprint density at radius 3 is 2.74 bits per heavy atom. The fourth-order valence-electron chi connectivity index (χ4n) is 3.77. The van der Waals surface area contributed by atoms with Gasteiger partial charge in [-0.25, -0.2) is 9.67 Å². The van der Waals surface area contributed by atoms with Crippen LogP contribution in [0.25, 0.3) is 0 Å². The summed E-state index contributed by atoms with van der Waals surface area (Å²) in [6.07, 6.45) is 5.08. The smallest absolute Gasteiger partial charge is 0.229 e. The first-order chi connectivity index (χ1) is 13.1. The number of hydrogen-bond donors (Lipinski definition) is 0. The largest absolute Gasteiger partial charge is 0.340 e. The Labute approximate surface area is 168 Å². The molecule has 27 heavy (non-hydrogen) atoms. The van der Waals surface area contributed by atoms with Crippen LogP contribution in [-0.4, -0.2) is 61.2 Å². The highest BCUT2D eigenvalue weighted by atomic mass is 32.1. The molecule has 0 radical (unpaired) electrons. The average molecular weight is 407 g/mol. The summed E-state index contributed by atoms with van der Waals surface area (Å²) in [5, 5.41) is 7.67. The molecule has 7 nitrogen and oxygen atoms in total. The van der Waals surface area contributed by atoms with Crippen LogP contribution in [0.1, 0.15) is 35.8 Å². The molecule has 0 spiro atoms. The van der Waals surface area contributed by atoms with Gasteiger partial charge in [0.05, 0.1) is 13.1 Å². The van der Waals surface area contributed by atoms with Gasteiger partial charge < -0.3 is 9.47 Å². The van der Waals surface area contributed by atoms with E-state index in [4.69, 9.17) is 17.3 Å². The molecule has 1 saturated heterocycles. The van der Waals surface area contributed by atoms with Crippen LogP contribution in [0.15, 0.2) is 5.38 Å². The van der Waals surface area contributed by atoms with E-state index in [1.54, 1.807) is 11.3 Å². The maximum atomic E-state index is 12.5. The quantitative estimate of drug-likeness (QED) is 0.729. The van der Waals surface area contributed by atoms with Crippen LogP contribution in [0.3, 0.4) is 0 Å². The molecule has 2 aliphatic heterocycles. The molecule has 0 aromatic carbocycles. The number of amides is 1. The third kappa shape index (κ3) is 4.30. The summed E-state index contributed by atoms with van der Waals surface area (Å²) in [6.45, 7) is 6.89. The van der Waals surface area contributed by atoms with Crippen molar-refractivity contribution >= 4 is 29.5 Å². The minimum atomic E-state index is 0.175.